The fourth-order valence-electron chi connectivity index (χ4n) is 3.20. The van der Waals surface area contributed by atoms with Crippen LogP contribution in [-0.2, 0) is 0 Å². The zero-order valence-corrected chi connectivity index (χ0v) is 15.9. The number of carbonyl (C=O) groups excluding carboxylic acids is 1. The molecule has 1 amide bonds. The van der Waals surface area contributed by atoms with Crippen LogP contribution >= 0.6 is 11.3 Å². The molecule has 0 radical (unpaired) electrons. The van der Waals surface area contributed by atoms with E-state index in [0.29, 0.717) is 16.1 Å². The summed E-state index contributed by atoms with van der Waals surface area (Å²) in [6, 6.07) is 22.8. The van der Waals surface area contributed by atoms with E-state index in [2.05, 4.69) is 22.4 Å². The molecule has 0 unspecified atom stereocenters. The van der Waals surface area contributed by atoms with Gasteiger partial charge in [-0.25, -0.2) is 9.78 Å². The molecule has 6 heteroatoms. The average Bonchev–Trinajstić information content (AvgIpc) is 3.21. The van der Waals surface area contributed by atoms with Crippen molar-refractivity contribution in [2.45, 2.75) is 0 Å². The summed E-state index contributed by atoms with van der Waals surface area (Å²) in [5.41, 5.74) is 1.45. The molecule has 3 aromatic carbocycles. The minimum absolute atomic E-state index is 0.0499. The van der Waals surface area contributed by atoms with Crippen LogP contribution in [0, 0.1) is 0 Å². The molecule has 0 aliphatic heterocycles. The van der Waals surface area contributed by atoms with Crippen molar-refractivity contribution >= 4 is 44.1 Å². The van der Waals surface area contributed by atoms with Crippen molar-refractivity contribution in [1.29, 1.82) is 0 Å². The van der Waals surface area contributed by atoms with Crippen molar-refractivity contribution in [2.75, 3.05) is 5.32 Å². The Morgan fingerprint density at radius 2 is 1.66 bits per heavy atom. The van der Waals surface area contributed by atoms with Gasteiger partial charge in [-0.05, 0) is 29.0 Å². The number of hydrogen-bond acceptors (Lipinski definition) is 5. The molecule has 0 saturated carbocycles. The lowest BCUT2D eigenvalue weighted by Gasteiger charge is -2.03. The molecule has 5 aromatic rings. The predicted octanol–water partition coefficient (Wildman–Crippen LogP) is 5.32. The molecule has 0 bridgehead atoms. The molecule has 1 N–H and O–H groups in total. The molecule has 2 heterocycles. The van der Waals surface area contributed by atoms with Gasteiger partial charge in [0, 0.05) is 16.3 Å². The number of para-hydroxylation sites is 1. The first-order valence-corrected chi connectivity index (χ1v) is 9.84. The highest BCUT2D eigenvalue weighted by molar-refractivity contribution is 7.14. The van der Waals surface area contributed by atoms with Gasteiger partial charge in [0.25, 0.3) is 5.91 Å². The maximum atomic E-state index is 12.6. The SMILES string of the molecule is O=C(Nc1nc(-c2ccc3ccccc3c2)cs1)c1cc2ccccc2oc1=O. The zero-order chi connectivity index (χ0) is 19.8. The Balaban J connectivity index is 1.43. The molecule has 5 nitrogen and oxygen atoms in total. The fourth-order valence-corrected chi connectivity index (χ4v) is 3.91. The van der Waals surface area contributed by atoms with E-state index in [1.54, 1.807) is 18.2 Å². The summed E-state index contributed by atoms with van der Waals surface area (Å²) >= 11 is 1.31. The highest BCUT2D eigenvalue weighted by Crippen LogP contribution is 2.28. The Labute approximate surface area is 169 Å². The summed E-state index contributed by atoms with van der Waals surface area (Å²) in [6.45, 7) is 0. The molecule has 0 aliphatic rings. The van der Waals surface area contributed by atoms with E-state index in [4.69, 9.17) is 4.42 Å². The van der Waals surface area contributed by atoms with E-state index in [1.165, 1.54) is 17.4 Å². The maximum Gasteiger partial charge on any atom is 0.349 e. The van der Waals surface area contributed by atoms with Gasteiger partial charge in [0.2, 0.25) is 0 Å². The third-order valence-electron chi connectivity index (χ3n) is 4.66. The van der Waals surface area contributed by atoms with Crippen LogP contribution in [0.25, 0.3) is 33.0 Å². The highest BCUT2D eigenvalue weighted by Gasteiger charge is 2.16. The van der Waals surface area contributed by atoms with Gasteiger partial charge in [-0.3, -0.25) is 10.1 Å². The number of fused-ring (bicyclic) bond motifs is 2. The number of aromatic nitrogens is 1. The summed E-state index contributed by atoms with van der Waals surface area (Å²) in [7, 11) is 0. The van der Waals surface area contributed by atoms with E-state index >= 15 is 0 Å². The minimum Gasteiger partial charge on any atom is -0.422 e. The van der Waals surface area contributed by atoms with Crippen LogP contribution in [0.1, 0.15) is 10.4 Å². The standard InChI is InChI=1S/C23H14N2O3S/c26-21(18-12-17-7-3-4-8-20(17)28-22(18)27)25-23-24-19(13-29-23)16-10-9-14-5-1-2-6-15(14)11-16/h1-13H,(H,24,25,26). The van der Waals surface area contributed by atoms with E-state index in [1.807, 2.05) is 41.8 Å². The Morgan fingerprint density at radius 3 is 2.52 bits per heavy atom. The van der Waals surface area contributed by atoms with Crippen LogP contribution in [0.3, 0.4) is 0 Å². The second-order valence-corrected chi connectivity index (χ2v) is 7.40. The van der Waals surface area contributed by atoms with E-state index in [-0.39, 0.29) is 5.56 Å². The molecule has 0 saturated heterocycles. The van der Waals surface area contributed by atoms with E-state index in [9.17, 15) is 9.59 Å². The lowest BCUT2D eigenvalue weighted by atomic mass is 10.1. The van der Waals surface area contributed by atoms with Gasteiger partial charge in [-0.2, -0.15) is 0 Å². The van der Waals surface area contributed by atoms with Crippen LogP contribution < -0.4 is 10.9 Å². The van der Waals surface area contributed by atoms with Crippen molar-refractivity contribution in [3.63, 3.8) is 0 Å². The summed E-state index contributed by atoms with van der Waals surface area (Å²) in [5, 5.41) is 7.97. The summed E-state index contributed by atoms with van der Waals surface area (Å²) in [5.74, 6) is -0.538. The van der Waals surface area contributed by atoms with Gasteiger partial charge in [0.1, 0.15) is 11.1 Å². The summed E-state index contributed by atoms with van der Waals surface area (Å²) < 4.78 is 5.23. The van der Waals surface area contributed by atoms with E-state index < -0.39 is 11.5 Å². The maximum absolute atomic E-state index is 12.6. The third-order valence-corrected chi connectivity index (χ3v) is 5.41. The lowest BCUT2D eigenvalue weighted by molar-refractivity contribution is 0.102. The van der Waals surface area contributed by atoms with Gasteiger partial charge in [0.05, 0.1) is 5.69 Å². The third kappa shape index (κ3) is 3.30. The second-order valence-electron chi connectivity index (χ2n) is 6.54. The van der Waals surface area contributed by atoms with Gasteiger partial charge < -0.3 is 4.42 Å². The number of benzene rings is 3. The second kappa shape index (κ2) is 7.00. The number of amides is 1. The molecule has 5 rings (SSSR count). The lowest BCUT2D eigenvalue weighted by Crippen LogP contribution is -2.20. The van der Waals surface area contributed by atoms with Crippen molar-refractivity contribution in [1.82, 2.24) is 4.98 Å². The Kier molecular flexibility index (Phi) is 4.18. The largest absolute Gasteiger partial charge is 0.422 e. The first-order chi connectivity index (χ1) is 14.2. The monoisotopic (exact) mass is 398 g/mol. The number of carbonyl (C=O) groups is 1. The van der Waals surface area contributed by atoms with Crippen molar-refractivity contribution in [3.8, 4) is 11.3 Å². The number of thiazole rings is 1. The molecule has 140 valence electrons. The Morgan fingerprint density at radius 1 is 0.897 bits per heavy atom. The first kappa shape index (κ1) is 17.3. The van der Waals surface area contributed by atoms with Crippen LogP contribution in [0.15, 0.2) is 87.4 Å². The molecule has 2 aromatic heterocycles. The van der Waals surface area contributed by atoms with Crippen LogP contribution in [-0.4, -0.2) is 10.9 Å². The van der Waals surface area contributed by atoms with E-state index in [0.717, 1.165) is 22.0 Å². The molecule has 0 aliphatic carbocycles. The number of nitrogens with zero attached hydrogens (tertiary/aromatic N) is 1. The first-order valence-electron chi connectivity index (χ1n) is 8.96. The van der Waals surface area contributed by atoms with Crippen molar-refractivity contribution in [2.24, 2.45) is 0 Å². The fraction of sp³-hybridized carbons (Fsp3) is 0. The topological polar surface area (TPSA) is 72.2 Å². The Bertz CT molecular complexity index is 1440. The quantitative estimate of drug-likeness (QED) is 0.417. The number of anilines is 1. The molecule has 0 fully saturated rings. The highest BCUT2D eigenvalue weighted by atomic mass is 32.1. The summed E-state index contributed by atoms with van der Waals surface area (Å²) in [4.78, 5) is 29.3. The molecule has 0 spiro atoms. The zero-order valence-electron chi connectivity index (χ0n) is 15.1. The van der Waals surface area contributed by atoms with Crippen LogP contribution in [0.4, 0.5) is 5.13 Å². The average molecular weight is 398 g/mol. The smallest absolute Gasteiger partial charge is 0.349 e. The van der Waals surface area contributed by atoms with Crippen LogP contribution in [0.5, 0.6) is 0 Å². The molecular formula is C23H14N2O3S. The molecule has 0 atom stereocenters. The number of rotatable bonds is 3. The normalized spacial score (nSPS) is 11.0. The summed E-state index contributed by atoms with van der Waals surface area (Å²) in [6.07, 6.45) is 0. The van der Waals surface area contributed by atoms with Gasteiger partial charge in [-0.1, -0.05) is 54.6 Å². The Hall–Kier alpha value is -3.77. The number of nitrogens with one attached hydrogen (secondary N) is 1. The van der Waals surface area contributed by atoms with Gasteiger partial charge in [-0.15, -0.1) is 11.3 Å². The van der Waals surface area contributed by atoms with Crippen molar-refractivity contribution in [3.05, 3.63) is 94.2 Å². The van der Waals surface area contributed by atoms with Gasteiger partial charge in [0.15, 0.2) is 5.13 Å². The predicted molar refractivity (Wildman–Crippen MR) is 115 cm³/mol. The number of hydrogen-bond donors (Lipinski definition) is 1. The molecular weight excluding hydrogens is 384 g/mol. The molecule has 29 heavy (non-hydrogen) atoms. The minimum atomic E-state index is -0.674. The van der Waals surface area contributed by atoms with Crippen LogP contribution in [0.2, 0.25) is 0 Å². The van der Waals surface area contributed by atoms with Gasteiger partial charge >= 0.3 is 5.63 Å². The van der Waals surface area contributed by atoms with Crippen molar-refractivity contribution < 1.29 is 9.21 Å².